The molecule has 1 saturated carbocycles. The first-order valence-corrected chi connectivity index (χ1v) is 7.72. The molecule has 0 radical (unpaired) electrons. The lowest BCUT2D eigenvalue weighted by Gasteiger charge is -2.36. The smallest absolute Gasteiger partial charge is 0.0450 e. The molecule has 0 heterocycles. The second kappa shape index (κ2) is 7.06. The molecule has 2 unspecified atom stereocenters. The Morgan fingerprint density at radius 1 is 1.05 bits per heavy atom. The van der Waals surface area contributed by atoms with E-state index in [9.17, 15) is 0 Å². The molecule has 1 aliphatic rings. The number of nitrogens with two attached hydrogens (primary N) is 1. The third kappa shape index (κ3) is 3.80. The van der Waals surface area contributed by atoms with Crippen LogP contribution in [0.1, 0.15) is 57.1 Å². The molecule has 19 heavy (non-hydrogen) atoms. The van der Waals surface area contributed by atoms with E-state index in [1.165, 1.54) is 44.1 Å². The lowest BCUT2D eigenvalue weighted by Crippen LogP contribution is -2.44. The molecular weight excluding hydrogens is 232 g/mol. The van der Waals surface area contributed by atoms with Gasteiger partial charge in [0, 0.05) is 18.1 Å². The first kappa shape index (κ1) is 14.5. The molecule has 2 atom stereocenters. The van der Waals surface area contributed by atoms with Gasteiger partial charge in [-0.15, -0.1) is 0 Å². The van der Waals surface area contributed by atoms with Crippen molar-refractivity contribution in [2.75, 3.05) is 7.05 Å². The molecule has 2 nitrogen and oxygen atoms in total. The van der Waals surface area contributed by atoms with Crippen molar-refractivity contribution in [3.63, 3.8) is 0 Å². The van der Waals surface area contributed by atoms with E-state index in [1.54, 1.807) is 0 Å². The molecule has 0 aliphatic heterocycles. The highest BCUT2D eigenvalue weighted by molar-refractivity contribution is 5.19. The summed E-state index contributed by atoms with van der Waals surface area (Å²) in [4.78, 5) is 2.52. The van der Waals surface area contributed by atoms with E-state index in [0.717, 1.165) is 0 Å². The lowest BCUT2D eigenvalue weighted by atomic mass is 9.97. The van der Waals surface area contributed by atoms with Gasteiger partial charge in [-0.05, 0) is 32.4 Å². The Balaban J connectivity index is 1.99. The fraction of sp³-hybridized carbons (Fsp3) is 0.647. The summed E-state index contributed by atoms with van der Waals surface area (Å²) in [5.41, 5.74) is 7.69. The summed E-state index contributed by atoms with van der Waals surface area (Å²) in [5.74, 6) is 0. The molecule has 1 aromatic rings. The summed E-state index contributed by atoms with van der Waals surface area (Å²) in [7, 11) is 2.25. The van der Waals surface area contributed by atoms with Crippen LogP contribution < -0.4 is 5.73 Å². The van der Waals surface area contributed by atoms with Crippen LogP contribution in [0.15, 0.2) is 30.3 Å². The average Bonchev–Trinajstić information content (AvgIpc) is 2.75. The fourth-order valence-corrected chi connectivity index (χ4v) is 3.20. The van der Waals surface area contributed by atoms with Crippen LogP contribution >= 0.6 is 0 Å². The minimum Gasteiger partial charge on any atom is -0.323 e. The van der Waals surface area contributed by atoms with Crippen molar-refractivity contribution in [2.45, 2.75) is 63.6 Å². The van der Waals surface area contributed by atoms with E-state index < -0.39 is 0 Å². The molecule has 1 aromatic carbocycles. The van der Waals surface area contributed by atoms with Gasteiger partial charge in [-0.25, -0.2) is 0 Å². The quantitative estimate of drug-likeness (QED) is 0.836. The molecule has 0 spiro atoms. The summed E-state index contributed by atoms with van der Waals surface area (Å²) >= 11 is 0. The maximum absolute atomic E-state index is 6.44. The Bertz CT molecular complexity index is 355. The molecular formula is C17H28N2. The van der Waals surface area contributed by atoms with Gasteiger partial charge >= 0.3 is 0 Å². The first-order chi connectivity index (χ1) is 9.20. The average molecular weight is 260 g/mol. The Labute approximate surface area is 118 Å². The highest BCUT2D eigenvalue weighted by atomic mass is 15.2. The molecule has 1 fully saturated rings. The summed E-state index contributed by atoms with van der Waals surface area (Å²) in [5, 5.41) is 0. The number of hydrogen-bond acceptors (Lipinski definition) is 2. The highest BCUT2D eigenvalue weighted by Crippen LogP contribution is 2.26. The van der Waals surface area contributed by atoms with Crippen LogP contribution in [0.5, 0.6) is 0 Å². The van der Waals surface area contributed by atoms with Gasteiger partial charge in [0.2, 0.25) is 0 Å². The predicted molar refractivity (Wildman–Crippen MR) is 82.1 cm³/mol. The van der Waals surface area contributed by atoms with Crippen LogP contribution in [-0.4, -0.2) is 24.0 Å². The summed E-state index contributed by atoms with van der Waals surface area (Å²) < 4.78 is 0. The van der Waals surface area contributed by atoms with Crippen molar-refractivity contribution in [1.29, 1.82) is 0 Å². The zero-order valence-corrected chi connectivity index (χ0v) is 12.4. The normalized spacial score (nSPS) is 21.1. The Morgan fingerprint density at radius 2 is 1.63 bits per heavy atom. The second-order valence-electron chi connectivity index (χ2n) is 5.99. The van der Waals surface area contributed by atoms with Gasteiger partial charge in [-0.3, -0.25) is 4.90 Å². The maximum atomic E-state index is 6.44. The van der Waals surface area contributed by atoms with E-state index in [2.05, 4.69) is 49.2 Å². The Kier molecular flexibility index (Phi) is 5.41. The lowest BCUT2D eigenvalue weighted by molar-refractivity contribution is 0.148. The van der Waals surface area contributed by atoms with E-state index in [4.69, 9.17) is 5.73 Å². The number of nitrogens with zero attached hydrogens (tertiary/aromatic N) is 1. The summed E-state index contributed by atoms with van der Waals surface area (Å²) in [6, 6.07) is 11.7. The topological polar surface area (TPSA) is 29.3 Å². The van der Waals surface area contributed by atoms with Crippen molar-refractivity contribution < 1.29 is 0 Å². The van der Waals surface area contributed by atoms with E-state index >= 15 is 0 Å². The van der Waals surface area contributed by atoms with Gasteiger partial charge in [0.25, 0.3) is 0 Å². The minimum atomic E-state index is 0.106. The van der Waals surface area contributed by atoms with Crippen molar-refractivity contribution in [3.05, 3.63) is 35.9 Å². The number of likely N-dealkylation sites (N-methyl/N-ethyl adjacent to an activating group) is 1. The van der Waals surface area contributed by atoms with Gasteiger partial charge in [-0.1, -0.05) is 56.0 Å². The standard InChI is InChI=1S/C17H28N2/c1-14(17(18)15-10-6-5-7-11-15)19(2)16-12-8-3-4-9-13-16/h5-7,10-11,14,16-17H,3-4,8-9,12-13,18H2,1-2H3. The SMILES string of the molecule is CC(C(N)c1ccccc1)N(C)C1CCCCCC1. The molecule has 2 heteroatoms. The second-order valence-corrected chi connectivity index (χ2v) is 5.99. The van der Waals surface area contributed by atoms with Gasteiger partial charge in [0.1, 0.15) is 0 Å². The molecule has 0 bridgehead atoms. The van der Waals surface area contributed by atoms with Crippen LogP contribution in [0.4, 0.5) is 0 Å². The van der Waals surface area contributed by atoms with Gasteiger partial charge in [0.15, 0.2) is 0 Å². The third-order valence-electron chi connectivity index (χ3n) is 4.75. The van der Waals surface area contributed by atoms with Crippen LogP contribution in [0, 0.1) is 0 Å². The zero-order chi connectivity index (χ0) is 13.7. The van der Waals surface area contributed by atoms with Crippen molar-refractivity contribution in [1.82, 2.24) is 4.90 Å². The number of rotatable bonds is 4. The zero-order valence-electron chi connectivity index (χ0n) is 12.4. The van der Waals surface area contributed by atoms with Crippen LogP contribution in [0.3, 0.4) is 0 Å². The summed E-state index contributed by atoms with van der Waals surface area (Å²) in [6.07, 6.45) is 8.24. The van der Waals surface area contributed by atoms with Crippen LogP contribution in [-0.2, 0) is 0 Å². The molecule has 0 aromatic heterocycles. The first-order valence-electron chi connectivity index (χ1n) is 7.72. The fourth-order valence-electron chi connectivity index (χ4n) is 3.20. The molecule has 106 valence electrons. The molecule has 0 saturated heterocycles. The van der Waals surface area contributed by atoms with Gasteiger partial charge in [0.05, 0.1) is 0 Å². The number of benzene rings is 1. The minimum absolute atomic E-state index is 0.106. The van der Waals surface area contributed by atoms with Crippen LogP contribution in [0.25, 0.3) is 0 Å². The van der Waals surface area contributed by atoms with E-state index in [1.807, 2.05) is 0 Å². The van der Waals surface area contributed by atoms with Crippen molar-refractivity contribution in [2.24, 2.45) is 5.73 Å². The highest BCUT2D eigenvalue weighted by Gasteiger charge is 2.25. The van der Waals surface area contributed by atoms with Gasteiger partial charge < -0.3 is 5.73 Å². The van der Waals surface area contributed by atoms with E-state index in [-0.39, 0.29) is 6.04 Å². The summed E-state index contributed by atoms with van der Waals surface area (Å²) in [6.45, 7) is 2.27. The molecule has 2 N–H and O–H groups in total. The third-order valence-corrected chi connectivity index (χ3v) is 4.75. The molecule has 2 rings (SSSR count). The monoisotopic (exact) mass is 260 g/mol. The van der Waals surface area contributed by atoms with E-state index in [0.29, 0.717) is 12.1 Å². The van der Waals surface area contributed by atoms with Crippen molar-refractivity contribution in [3.8, 4) is 0 Å². The molecule has 0 amide bonds. The molecule has 1 aliphatic carbocycles. The maximum Gasteiger partial charge on any atom is 0.0450 e. The van der Waals surface area contributed by atoms with Crippen LogP contribution in [0.2, 0.25) is 0 Å². The van der Waals surface area contributed by atoms with Crippen molar-refractivity contribution >= 4 is 0 Å². The largest absolute Gasteiger partial charge is 0.323 e. The Morgan fingerprint density at radius 3 is 2.21 bits per heavy atom. The van der Waals surface area contributed by atoms with Gasteiger partial charge in [-0.2, -0.15) is 0 Å². The Hall–Kier alpha value is -0.860. The predicted octanol–water partition coefficient (Wildman–Crippen LogP) is 3.73. The number of hydrogen-bond donors (Lipinski definition) is 1.